The number of nitrogens with zero attached hydrogens (tertiary/aromatic N) is 2. The average Bonchev–Trinajstić information content (AvgIpc) is 2.71. The number of rotatable bonds is 3. The maximum Gasteiger partial charge on any atom is 0.150 e. The first-order valence-electron chi connectivity index (χ1n) is 4.73. The molecule has 5 heteroatoms. The van der Waals surface area contributed by atoms with Gasteiger partial charge in [-0.05, 0) is 0 Å². The average molecular weight is 198 g/mol. The van der Waals surface area contributed by atoms with E-state index in [2.05, 4.69) is 10.1 Å². The van der Waals surface area contributed by atoms with E-state index in [-0.39, 0.29) is 12.7 Å². The molecular formula is C9H14N2O3. The van der Waals surface area contributed by atoms with Crippen LogP contribution in [0.5, 0.6) is 0 Å². The van der Waals surface area contributed by atoms with Crippen molar-refractivity contribution in [1.29, 1.82) is 0 Å². The van der Waals surface area contributed by atoms with Crippen molar-refractivity contribution >= 4 is 0 Å². The second kappa shape index (κ2) is 4.54. The fourth-order valence-corrected chi connectivity index (χ4v) is 1.58. The van der Waals surface area contributed by atoms with Crippen LogP contribution in [0.2, 0.25) is 0 Å². The van der Waals surface area contributed by atoms with Crippen LogP contribution in [-0.4, -0.2) is 47.6 Å². The number of morpholine rings is 1. The topological polar surface area (TPSA) is 58.7 Å². The van der Waals surface area contributed by atoms with E-state index in [1.165, 1.54) is 0 Å². The minimum atomic E-state index is -0.0633. The summed E-state index contributed by atoms with van der Waals surface area (Å²) in [7, 11) is 0. The third-order valence-electron chi connectivity index (χ3n) is 2.30. The second-order valence-electron chi connectivity index (χ2n) is 3.39. The molecule has 0 saturated carbocycles. The van der Waals surface area contributed by atoms with Gasteiger partial charge in [-0.25, -0.2) is 0 Å². The molecule has 0 bridgehead atoms. The molecule has 0 aliphatic carbocycles. The van der Waals surface area contributed by atoms with Crippen molar-refractivity contribution in [2.24, 2.45) is 0 Å². The molecule has 0 aromatic carbocycles. The number of hydrogen-bond acceptors (Lipinski definition) is 5. The van der Waals surface area contributed by atoms with Crippen molar-refractivity contribution in [3.63, 3.8) is 0 Å². The van der Waals surface area contributed by atoms with Crippen LogP contribution in [0, 0.1) is 0 Å². The van der Waals surface area contributed by atoms with Crippen LogP contribution >= 0.6 is 0 Å². The summed E-state index contributed by atoms with van der Waals surface area (Å²) in [5.74, 6) is 0.851. The molecule has 78 valence electrons. The summed E-state index contributed by atoms with van der Waals surface area (Å²) >= 11 is 0. The smallest absolute Gasteiger partial charge is 0.150 e. The monoisotopic (exact) mass is 198 g/mol. The zero-order valence-corrected chi connectivity index (χ0v) is 7.93. The van der Waals surface area contributed by atoms with E-state index in [9.17, 15) is 0 Å². The first-order valence-corrected chi connectivity index (χ1v) is 4.73. The highest BCUT2D eigenvalue weighted by Gasteiger charge is 2.20. The molecule has 5 nitrogen and oxygen atoms in total. The van der Waals surface area contributed by atoms with Crippen molar-refractivity contribution in [2.75, 3.05) is 26.3 Å². The van der Waals surface area contributed by atoms with Crippen LogP contribution in [0.4, 0.5) is 0 Å². The molecular weight excluding hydrogens is 184 g/mol. The van der Waals surface area contributed by atoms with Crippen LogP contribution in [0.25, 0.3) is 0 Å². The Bertz CT molecular complexity index is 263. The van der Waals surface area contributed by atoms with E-state index in [0.717, 1.165) is 25.4 Å². The Morgan fingerprint density at radius 3 is 3.29 bits per heavy atom. The molecule has 0 spiro atoms. The lowest BCUT2D eigenvalue weighted by Crippen LogP contribution is -2.43. The first kappa shape index (κ1) is 9.64. The third kappa shape index (κ3) is 2.31. The fraction of sp³-hybridized carbons (Fsp3) is 0.667. The van der Waals surface area contributed by atoms with Crippen LogP contribution < -0.4 is 0 Å². The molecule has 2 heterocycles. The highest BCUT2D eigenvalue weighted by Crippen LogP contribution is 2.09. The maximum absolute atomic E-state index is 8.95. The molecule has 0 amide bonds. The van der Waals surface area contributed by atoms with Crippen molar-refractivity contribution in [3.05, 3.63) is 18.0 Å². The summed E-state index contributed by atoms with van der Waals surface area (Å²) in [5, 5.41) is 12.6. The van der Waals surface area contributed by atoms with Gasteiger partial charge in [-0.1, -0.05) is 5.16 Å². The van der Waals surface area contributed by atoms with Gasteiger partial charge < -0.3 is 14.4 Å². The van der Waals surface area contributed by atoms with Gasteiger partial charge in [0.2, 0.25) is 0 Å². The van der Waals surface area contributed by atoms with Crippen molar-refractivity contribution in [3.8, 4) is 0 Å². The predicted molar refractivity (Wildman–Crippen MR) is 48.6 cm³/mol. The van der Waals surface area contributed by atoms with Gasteiger partial charge in [0.25, 0.3) is 0 Å². The Hall–Kier alpha value is -0.910. The van der Waals surface area contributed by atoms with Crippen LogP contribution in [0.3, 0.4) is 0 Å². The van der Waals surface area contributed by atoms with Gasteiger partial charge in [0.1, 0.15) is 0 Å². The molecule has 1 aromatic heterocycles. The minimum absolute atomic E-state index is 0.0633. The van der Waals surface area contributed by atoms with E-state index in [0.29, 0.717) is 6.61 Å². The van der Waals surface area contributed by atoms with Gasteiger partial charge in [-0.3, -0.25) is 4.90 Å². The lowest BCUT2D eigenvalue weighted by molar-refractivity contribution is -0.0567. The summed E-state index contributed by atoms with van der Waals surface area (Å²) in [6, 6.07) is 1.85. The zero-order chi connectivity index (χ0) is 9.80. The van der Waals surface area contributed by atoms with Gasteiger partial charge in [0.05, 0.1) is 32.1 Å². The highest BCUT2D eigenvalue weighted by atomic mass is 16.5. The van der Waals surface area contributed by atoms with Crippen LogP contribution in [0.15, 0.2) is 16.8 Å². The van der Waals surface area contributed by atoms with Gasteiger partial charge in [-0.15, -0.1) is 0 Å². The largest absolute Gasteiger partial charge is 0.394 e. The first-order chi connectivity index (χ1) is 6.88. The number of aromatic nitrogens is 1. The van der Waals surface area contributed by atoms with E-state index < -0.39 is 0 Å². The van der Waals surface area contributed by atoms with Crippen molar-refractivity contribution in [1.82, 2.24) is 10.1 Å². The molecule has 1 aromatic rings. The zero-order valence-electron chi connectivity index (χ0n) is 7.93. The summed E-state index contributed by atoms with van der Waals surface area (Å²) in [6.07, 6.45) is 1.57. The molecule has 1 unspecified atom stereocenters. The van der Waals surface area contributed by atoms with Crippen molar-refractivity contribution < 1.29 is 14.4 Å². The molecule has 1 aliphatic rings. The van der Waals surface area contributed by atoms with Gasteiger partial charge in [0.15, 0.2) is 5.76 Å². The van der Waals surface area contributed by atoms with E-state index in [1.54, 1.807) is 6.20 Å². The standard InChI is InChI=1S/C9H14N2O3/c12-7-9-6-11(3-4-13-9)5-8-1-2-10-14-8/h1-2,9,12H,3-7H2. The second-order valence-corrected chi connectivity index (χ2v) is 3.39. The van der Waals surface area contributed by atoms with Gasteiger partial charge >= 0.3 is 0 Å². The number of aliphatic hydroxyl groups is 1. The summed E-state index contributed by atoms with van der Waals surface area (Å²) in [6.45, 7) is 3.10. The summed E-state index contributed by atoms with van der Waals surface area (Å²) in [4.78, 5) is 2.19. The normalized spacial score (nSPS) is 23.9. The van der Waals surface area contributed by atoms with Gasteiger partial charge in [0, 0.05) is 19.2 Å². The Labute approximate surface area is 82.2 Å². The Kier molecular flexibility index (Phi) is 3.13. The predicted octanol–water partition coefficient (Wildman–Crippen LogP) is -0.132. The number of hydrogen-bond donors (Lipinski definition) is 1. The molecule has 1 atom stereocenters. The quantitative estimate of drug-likeness (QED) is 0.733. The van der Waals surface area contributed by atoms with E-state index >= 15 is 0 Å². The SMILES string of the molecule is OCC1CN(Cc2ccno2)CCO1. The van der Waals surface area contributed by atoms with E-state index in [1.807, 2.05) is 6.07 Å². The maximum atomic E-state index is 8.95. The van der Waals surface area contributed by atoms with Crippen molar-refractivity contribution in [2.45, 2.75) is 12.6 Å². The molecule has 0 radical (unpaired) electrons. The Morgan fingerprint density at radius 2 is 2.57 bits per heavy atom. The molecule has 1 N–H and O–H groups in total. The Balaban J connectivity index is 1.86. The minimum Gasteiger partial charge on any atom is -0.394 e. The van der Waals surface area contributed by atoms with Crippen LogP contribution in [-0.2, 0) is 11.3 Å². The van der Waals surface area contributed by atoms with Crippen LogP contribution in [0.1, 0.15) is 5.76 Å². The number of aliphatic hydroxyl groups excluding tert-OH is 1. The fourth-order valence-electron chi connectivity index (χ4n) is 1.58. The lowest BCUT2D eigenvalue weighted by atomic mass is 10.2. The molecule has 1 aliphatic heterocycles. The molecule has 2 rings (SSSR count). The molecule has 1 fully saturated rings. The number of ether oxygens (including phenoxy) is 1. The lowest BCUT2D eigenvalue weighted by Gasteiger charge is -2.31. The van der Waals surface area contributed by atoms with E-state index in [4.69, 9.17) is 14.4 Å². The summed E-state index contributed by atoms with van der Waals surface area (Å²) < 4.78 is 10.3. The molecule has 14 heavy (non-hydrogen) atoms. The molecule has 1 saturated heterocycles. The highest BCUT2D eigenvalue weighted by molar-refractivity contribution is 4.93. The Morgan fingerprint density at radius 1 is 1.64 bits per heavy atom. The van der Waals surface area contributed by atoms with Gasteiger partial charge in [-0.2, -0.15) is 0 Å². The third-order valence-corrected chi connectivity index (χ3v) is 2.30. The summed E-state index contributed by atoms with van der Waals surface area (Å²) in [5.41, 5.74) is 0.